The summed E-state index contributed by atoms with van der Waals surface area (Å²) in [6, 6.07) is 12.4. The van der Waals surface area contributed by atoms with Gasteiger partial charge in [0.1, 0.15) is 4.32 Å². The van der Waals surface area contributed by atoms with Crippen LogP contribution in [0.5, 0.6) is 11.5 Å². The molecule has 2 aromatic rings. The number of rotatable bonds is 5. The topological polar surface area (TPSA) is 98.1 Å². The number of carbonyl (C=O) groups is 2. The molecule has 1 aliphatic rings. The molecule has 0 spiro atoms. The minimum Gasteiger partial charge on any atom is -0.504 e. The predicted molar refractivity (Wildman–Crippen MR) is 106 cm³/mol. The molecule has 3 N–H and O–H groups in total. The van der Waals surface area contributed by atoms with E-state index in [0.29, 0.717) is 16.0 Å². The van der Waals surface area contributed by atoms with Crippen LogP contribution in [0.25, 0.3) is 6.08 Å². The molecule has 0 aliphatic carbocycles. The standard InChI is InChI=1S/C19H15NO5S2/c21-14-7-6-11(8-15(14)22)9-16-18(25)20(19(26)27-16)13(10-17(23)24)12-4-2-1-3-5-12/h1-9,13,21-22H,10H2,(H,23,24)/b16-9-/t13-/m0/s1. The summed E-state index contributed by atoms with van der Waals surface area (Å²) < 4.78 is 0.268. The predicted octanol–water partition coefficient (Wildman–Crippen LogP) is 3.52. The first-order valence-corrected chi connectivity index (χ1v) is 9.15. The minimum atomic E-state index is -1.04. The smallest absolute Gasteiger partial charge is 0.305 e. The van der Waals surface area contributed by atoms with Crippen molar-refractivity contribution in [2.24, 2.45) is 0 Å². The highest BCUT2D eigenvalue weighted by Gasteiger charge is 2.38. The Bertz CT molecular complexity index is 942. The Balaban J connectivity index is 1.95. The summed E-state index contributed by atoms with van der Waals surface area (Å²) in [5.74, 6) is -1.99. The lowest BCUT2D eigenvalue weighted by atomic mass is 10.0. The number of aromatic hydroxyl groups is 2. The summed E-state index contributed by atoms with van der Waals surface area (Å²) in [5.41, 5.74) is 1.19. The third kappa shape index (κ3) is 4.12. The van der Waals surface area contributed by atoms with Gasteiger partial charge in [-0.05, 0) is 29.3 Å². The van der Waals surface area contributed by atoms with E-state index in [1.807, 2.05) is 6.07 Å². The van der Waals surface area contributed by atoms with Gasteiger partial charge < -0.3 is 15.3 Å². The van der Waals surface area contributed by atoms with Gasteiger partial charge in [0.15, 0.2) is 11.5 Å². The molecule has 1 heterocycles. The number of benzene rings is 2. The molecule has 0 saturated carbocycles. The van der Waals surface area contributed by atoms with Gasteiger partial charge in [0, 0.05) is 0 Å². The van der Waals surface area contributed by atoms with E-state index < -0.39 is 17.9 Å². The number of carbonyl (C=O) groups excluding carboxylic acids is 1. The van der Waals surface area contributed by atoms with Gasteiger partial charge in [0.25, 0.3) is 5.91 Å². The normalized spacial score (nSPS) is 16.7. The van der Waals surface area contributed by atoms with Gasteiger partial charge in [-0.25, -0.2) is 0 Å². The highest BCUT2D eigenvalue weighted by atomic mass is 32.2. The molecular weight excluding hydrogens is 386 g/mol. The molecule has 1 amide bonds. The molecule has 3 rings (SSSR count). The molecule has 0 unspecified atom stereocenters. The van der Waals surface area contributed by atoms with E-state index in [9.17, 15) is 24.9 Å². The zero-order valence-electron chi connectivity index (χ0n) is 13.9. The Morgan fingerprint density at radius 2 is 1.85 bits per heavy atom. The highest BCUT2D eigenvalue weighted by molar-refractivity contribution is 8.26. The first kappa shape index (κ1) is 18.9. The molecule has 138 valence electrons. The zero-order chi connectivity index (χ0) is 19.6. The average molecular weight is 401 g/mol. The van der Waals surface area contributed by atoms with E-state index in [-0.39, 0.29) is 22.2 Å². The Labute approximate surface area is 164 Å². The third-order valence-corrected chi connectivity index (χ3v) is 5.32. The number of phenols is 2. The van der Waals surface area contributed by atoms with Crippen molar-refractivity contribution >= 4 is 46.3 Å². The number of hydrogen-bond donors (Lipinski definition) is 3. The number of nitrogens with zero attached hydrogens (tertiary/aromatic N) is 1. The maximum Gasteiger partial charge on any atom is 0.305 e. The Kier molecular flexibility index (Phi) is 5.48. The Hall–Kier alpha value is -2.84. The summed E-state index contributed by atoms with van der Waals surface area (Å²) >= 11 is 6.40. The molecule has 8 heteroatoms. The van der Waals surface area contributed by atoms with Crippen molar-refractivity contribution in [3.05, 3.63) is 64.6 Å². The van der Waals surface area contributed by atoms with Crippen molar-refractivity contribution in [3.8, 4) is 11.5 Å². The van der Waals surface area contributed by atoms with Gasteiger partial charge in [0.05, 0.1) is 17.4 Å². The van der Waals surface area contributed by atoms with E-state index in [1.165, 1.54) is 17.0 Å². The number of thioether (sulfide) groups is 1. The van der Waals surface area contributed by atoms with Crippen molar-refractivity contribution in [1.82, 2.24) is 4.90 Å². The number of carboxylic acids is 1. The van der Waals surface area contributed by atoms with Gasteiger partial charge in [-0.3, -0.25) is 14.5 Å². The molecule has 0 radical (unpaired) electrons. The number of carboxylic acid groups (broad SMARTS) is 1. The van der Waals surface area contributed by atoms with Gasteiger partial charge in [0.2, 0.25) is 0 Å². The van der Waals surface area contributed by atoms with Crippen LogP contribution in [0.1, 0.15) is 23.6 Å². The summed E-state index contributed by atoms with van der Waals surface area (Å²) in [7, 11) is 0. The fourth-order valence-corrected chi connectivity index (χ4v) is 4.09. The van der Waals surface area contributed by atoms with Gasteiger partial charge in [-0.1, -0.05) is 60.4 Å². The number of thiocarbonyl (C=S) groups is 1. The maximum absolute atomic E-state index is 12.9. The molecule has 1 saturated heterocycles. The summed E-state index contributed by atoms with van der Waals surface area (Å²) in [6.07, 6.45) is 1.27. The highest BCUT2D eigenvalue weighted by Crippen LogP contribution is 2.40. The maximum atomic E-state index is 12.9. The van der Waals surface area contributed by atoms with Crippen LogP contribution >= 0.6 is 24.0 Å². The molecule has 1 fully saturated rings. The molecular formula is C19H15NO5S2. The largest absolute Gasteiger partial charge is 0.504 e. The van der Waals surface area contributed by atoms with Crippen molar-refractivity contribution in [1.29, 1.82) is 0 Å². The Morgan fingerprint density at radius 3 is 2.48 bits per heavy atom. The summed E-state index contributed by atoms with van der Waals surface area (Å²) in [4.78, 5) is 25.9. The number of phenolic OH excluding ortho intramolecular Hbond substituents is 2. The fourth-order valence-electron chi connectivity index (χ4n) is 2.73. The van der Waals surface area contributed by atoms with Crippen molar-refractivity contribution < 1.29 is 24.9 Å². The lowest BCUT2D eigenvalue weighted by molar-refractivity contribution is -0.138. The van der Waals surface area contributed by atoms with E-state index in [0.717, 1.165) is 11.8 Å². The first-order valence-electron chi connectivity index (χ1n) is 7.92. The SMILES string of the molecule is O=C(O)C[C@@H](c1ccccc1)N1C(=O)/C(=C/c2ccc(O)c(O)c2)SC1=S. The molecule has 2 aromatic carbocycles. The van der Waals surface area contributed by atoms with Crippen LogP contribution in [0.4, 0.5) is 0 Å². The van der Waals surface area contributed by atoms with Crippen LogP contribution in [0.2, 0.25) is 0 Å². The van der Waals surface area contributed by atoms with E-state index in [4.69, 9.17) is 12.2 Å². The van der Waals surface area contributed by atoms with E-state index >= 15 is 0 Å². The van der Waals surface area contributed by atoms with E-state index in [2.05, 4.69) is 0 Å². The molecule has 27 heavy (non-hydrogen) atoms. The van der Waals surface area contributed by atoms with Crippen LogP contribution in [-0.2, 0) is 9.59 Å². The van der Waals surface area contributed by atoms with E-state index in [1.54, 1.807) is 36.4 Å². The molecule has 1 aliphatic heterocycles. The molecule has 1 atom stereocenters. The second kappa shape index (κ2) is 7.81. The van der Waals surface area contributed by atoms with Gasteiger partial charge in [-0.2, -0.15) is 0 Å². The van der Waals surface area contributed by atoms with Gasteiger partial charge in [-0.15, -0.1) is 0 Å². The summed E-state index contributed by atoms with van der Waals surface area (Å²) in [6.45, 7) is 0. The quantitative estimate of drug-likeness (QED) is 0.401. The van der Waals surface area contributed by atoms with Crippen molar-refractivity contribution in [3.63, 3.8) is 0 Å². The second-order valence-corrected chi connectivity index (χ2v) is 7.50. The lowest BCUT2D eigenvalue weighted by Gasteiger charge is -2.26. The number of aliphatic carboxylic acids is 1. The fraction of sp³-hybridized carbons (Fsp3) is 0.105. The lowest BCUT2D eigenvalue weighted by Crippen LogP contribution is -2.34. The van der Waals surface area contributed by atoms with Crippen LogP contribution in [0, 0.1) is 0 Å². The van der Waals surface area contributed by atoms with Crippen LogP contribution in [0.15, 0.2) is 53.4 Å². The Morgan fingerprint density at radius 1 is 1.15 bits per heavy atom. The summed E-state index contributed by atoms with van der Waals surface area (Å²) in [5, 5.41) is 28.3. The van der Waals surface area contributed by atoms with Crippen molar-refractivity contribution in [2.75, 3.05) is 0 Å². The minimum absolute atomic E-state index is 0.259. The number of hydrogen-bond acceptors (Lipinski definition) is 6. The monoisotopic (exact) mass is 401 g/mol. The van der Waals surface area contributed by atoms with Crippen LogP contribution < -0.4 is 0 Å². The van der Waals surface area contributed by atoms with Crippen molar-refractivity contribution in [2.45, 2.75) is 12.5 Å². The average Bonchev–Trinajstić information content (AvgIpc) is 2.90. The van der Waals surface area contributed by atoms with Crippen LogP contribution in [0.3, 0.4) is 0 Å². The number of amides is 1. The third-order valence-electron chi connectivity index (χ3n) is 3.98. The second-order valence-electron chi connectivity index (χ2n) is 5.82. The van der Waals surface area contributed by atoms with Crippen LogP contribution in [-0.4, -0.2) is 36.4 Å². The molecule has 6 nitrogen and oxygen atoms in total. The molecule has 0 bridgehead atoms. The first-order chi connectivity index (χ1) is 12.9. The molecule has 0 aromatic heterocycles. The van der Waals surface area contributed by atoms with Gasteiger partial charge >= 0.3 is 5.97 Å². The zero-order valence-corrected chi connectivity index (χ0v) is 15.5.